The van der Waals surface area contributed by atoms with Crippen LogP contribution in [0.25, 0.3) is 0 Å². The summed E-state index contributed by atoms with van der Waals surface area (Å²) < 4.78 is 38.1. The molecule has 0 saturated carbocycles. The monoisotopic (exact) mass is 245 g/mol. The summed E-state index contributed by atoms with van der Waals surface area (Å²) in [6.07, 6.45) is -5.28. The first-order chi connectivity index (χ1) is 7.73. The SMILES string of the molecule is CC(=O)CC(=O)c1cccc(N)c1C(F)(F)F. The van der Waals surface area contributed by atoms with Crippen LogP contribution in [-0.4, -0.2) is 11.6 Å². The van der Waals surface area contributed by atoms with Gasteiger partial charge in [-0.25, -0.2) is 0 Å². The van der Waals surface area contributed by atoms with E-state index in [-0.39, 0.29) is 0 Å². The lowest BCUT2D eigenvalue weighted by Gasteiger charge is -2.13. The Morgan fingerprint density at radius 2 is 1.88 bits per heavy atom. The molecule has 0 aliphatic carbocycles. The second kappa shape index (κ2) is 4.57. The van der Waals surface area contributed by atoms with E-state index in [9.17, 15) is 22.8 Å². The van der Waals surface area contributed by atoms with Gasteiger partial charge in [0.15, 0.2) is 5.78 Å². The van der Waals surface area contributed by atoms with Gasteiger partial charge >= 0.3 is 6.18 Å². The number of rotatable bonds is 3. The highest BCUT2D eigenvalue weighted by atomic mass is 19.4. The van der Waals surface area contributed by atoms with Gasteiger partial charge in [-0.2, -0.15) is 13.2 Å². The van der Waals surface area contributed by atoms with Crippen LogP contribution in [0.4, 0.5) is 18.9 Å². The number of ketones is 2. The summed E-state index contributed by atoms with van der Waals surface area (Å²) in [5, 5.41) is 0. The van der Waals surface area contributed by atoms with Crippen molar-refractivity contribution in [3.63, 3.8) is 0 Å². The highest BCUT2D eigenvalue weighted by molar-refractivity contribution is 6.08. The summed E-state index contributed by atoms with van der Waals surface area (Å²) in [6, 6.07) is 3.33. The molecule has 1 aromatic rings. The summed E-state index contributed by atoms with van der Waals surface area (Å²) >= 11 is 0. The highest BCUT2D eigenvalue weighted by Crippen LogP contribution is 2.36. The van der Waals surface area contributed by atoms with Crippen molar-refractivity contribution in [2.45, 2.75) is 19.5 Å². The van der Waals surface area contributed by atoms with E-state index < -0.39 is 41.0 Å². The van der Waals surface area contributed by atoms with Crippen molar-refractivity contribution >= 4 is 17.3 Å². The van der Waals surface area contributed by atoms with E-state index in [2.05, 4.69) is 0 Å². The van der Waals surface area contributed by atoms with E-state index >= 15 is 0 Å². The fourth-order valence-corrected chi connectivity index (χ4v) is 1.44. The zero-order valence-corrected chi connectivity index (χ0v) is 8.97. The average molecular weight is 245 g/mol. The fourth-order valence-electron chi connectivity index (χ4n) is 1.44. The van der Waals surface area contributed by atoms with Gasteiger partial charge in [-0.05, 0) is 13.0 Å². The molecule has 92 valence electrons. The highest BCUT2D eigenvalue weighted by Gasteiger charge is 2.37. The number of nitrogen functional groups attached to an aromatic ring is 1. The molecule has 0 aliphatic rings. The molecule has 1 rings (SSSR count). The van der Waals surface area contributed by atoms with Gasteiger partial charge in [0, 0.05) is 11.3 Å². The largest absolute Gasteiger partial charge is 0.419 e. The van der Waals surface area contributed by atoms with Gasteiger partial charge in [-0.1, -0.05) is 12.1 Å². The van der Waals surface area contributed by atoms with Gasteiger partial charge < -0.3 is 5.73 Å². The lowest BCUT2D eigenvalue weighted by atomic mass is 9.98. The van der Waals surface area contributed by atoms with Crippen molar-refractivity contribution in [3.05, 3.63) is 29.3 Å². The molecule has 0 radical (unpaired) electrons. The maximum Gasteiger partial charge on any atom is 0.419 e. The summed E-state index contributed by atoms with van der Waals surface area (Å²) in [5.74, 6) is -1.37. The van der Waals surface area contributed by atoms with Crippen molar-refractivity contribution in [3.8, 4) is 0 Å². The normalized spacial score (nSPS) is 11.3. The van der Waals surface area contributed by atoms with E-state index in [1.54, 1.807) is 0 Å². The zero-order valence-electron chi connectivity index (χ0n) is 8.97. The van der Waals surface area contributed by atoms with Crippen LogP contribution in [0.3, 0.4) is 0 Å². The standard InChI is InChI=1S/C11H10F3NO2/c1-6(16)5-9(17)7-3-2-4-8(15)10(7)11(12,13)14/h2-4H,5,15H2,1H3. The molecule has 0 bridgehead atoms. The smallest absolute Gasteiger partial charge is 0.398 e. The quantitative estimate of drug-likeness (QED) is 0.505. The Kier molecular flexibility index (Phi) is 3.55. The lowest BCUT2D eigenvalue weighted by molar-refractivity contribution is -0.137. The molecular weight excluding hydrogens is 235 g/mol. The third kappa shape index (κ3) is 3.05. The lowest BCUT2D eigenvalue weighted by Crippen LogP contribution is -2.17. The van der Waals surface area contributed by atoms with E-state index in [1.165, 1.54) is 6.07 Å². The van der Waals surface area contributed by atoms with Gasteiger partial charge in [0.25, 0.3) is 0 Å². The molecule has 0 spiro atoms. The summed E-state index contributed by atoms with van der Waals surface area (Å²) in [4.78, 5) is 22.2. The number of anilines is 1. The molecule has 2 N–H and O–H groups in total. The number of benzene rings is 1. The van der Waals surface area contributed by atoms with Crippen molar-refractivity contribution < 1.29 is 22.8 Å². The topological polar surface area (TPSA) is 60.2 Å². The van der Waals surface area contributed by atoms with Crippen LogP contribution in [0.1, 0.15) is 29.3 Å². The fraction of sp³-hybridized carbons (Fsp3) is 0.273. The number of hydrogen-bond donors (Lipinski definition) is 1. The minimum absolute atomic E-state index is 0.495. The molecule has 3 nitrogen and oxygen atoms in total. The van der Waals surface area contributed by atoms with Crippen LogP contribution in [0.15, 0.2) is 18.2 Å². The molecular formula is C11H10F3NO2. The third-order valence-electron chi connectivity index (χ3n) is 2.09. The van der Waals surface area contributed by atoms with Crippen LogP contribution in [0.5, 0.6) is 0 Å². The predicted molar refractivity (Wildman–Crippen MR) is 55.5 cm³/mol. The Hall–Kier alpha value is -1.85. The Bertz CT molecular complexity index is 466. The summed E-state index contributed by atoms with van der Waals surface area (Å²) in [6.45, 7) is 1.14. The molecule has 6 heteroatoms. The van der Waals surface area contributed by atoms with Gasteiger partial charge in [0.05, 0.1) is 12.0 Å². The Labute approximate surface area is 95.4 Å². The first kappa shape index (κ1) is 13.2. The molecule has 0 fully saturated rings. The average Bonchev–Trinajstić information content (AvgIpc) is 2.14. The first-order valence-electron chi connectivity index (χ1n) is 4.71. The Morgan fingerprint density at radius 3 is 2.35 bits per heavy atom. The first-order valence-corrected chi connectivity index (χ1v) is 4.71. The van der Waals surface area contributed by atoms with Crippen LogP contribution < -0.4 is 5.73 Å². The van der Waals surface area contributed by atoms with Crippen LogP contribution in [0, 0.1) is 0 Å². The van der Waals surface area contributed by atoms with Crippen LogP contribution >= 0.6 is 0 Å². The van der Waals surface area contributed by atoms with E-state index in [0.717, 1.165) is 19.1 Å². The molecule has 0 aliphatic heterocycles. The van der Waals surface area contributed by atoms with Gasteiger partial charge in [0.1, 0.15) is 5.78 Å². The predicted octanol–water partition coefficient (Wildman–Crippen LogP) is 2.45. The maximum atomic E-state index is 12.7. The van der Waals surface area contributed by atoms with E-state index in [1.807, 2.05) is 0 Å². The minimum atomic E-state index is -4.72. The summed E-state index contributed by atoms with van der Waals surface area (Å²) in [7, 11) is 0. The Morgan fingerprint density at radius 1 is 1.29 bits per heavy atom. The van der Waals surface area contributed by atoms with Crippen molar-refractivity contribution in [2.24, 2.45) is 0 Å². The third-order valence-corrected chi connectivity index (χ3v) is 2.09. The molecule has 0 unspecified atom stereocenters. The van der Waals surface area contributed by atoms with E-state index in [4.69, 9.17) is 5.73 Å². The van der Waals surface area contributed by atoms with Crippen molar-refractivity contribution in [2.75, 3.05) is 5.73 Å². The number of Topliss-reactive ketones (excluding diaryl/α,β-unsaturated/α-hetero) is 2. The van der Waals surface area contributed by atoms with E-state index in [0.29, 0.717) is 0 Å². The van der Waals surface area contributed by atoms with Crippen molar-refractivity contribution in [1.29, 1.82) is 0 Å². The number of alkyl halides is 3. The second-order valence-corrected chi connectivity index (χ2v) is 3.57. The minimum Gasteiger partial charge on any atom is -0.398 e. The zero-order chi connectivity index (χ0) is 13.2. The van der Waals surface area contributed by atoms with Gasteiger partial charge in [0.2, 0.25) is 0 Å². The molecule has 0 atom stereocenters. The molecule has 0 amide bonds. The van der Waals surface area contributed by atoms with Gasteiger partial charge in [-0.15, -0.1) is 0 Å². The summed E-state index contributed by atoms with van der Waals surface area (Å²) in [5.41, 5.74) is 2.96. The molecule has 0 aromatic heterocycles. The number of halogens is 3. The van der Waals surface area contributed by atoms with Gasteiger partial charge in [-0.3, -0.25) is 9.59 Å². The van der Waals surface area contributed by atoms with Crippen molar-refractivity contribution in [1.82, 2.24) is 0 Å². The molecule has 1 aromatic carbocycles. The number of carbonyl (C=O) groups is 2. The molecule has 0 heterocycles. The molecule has 0 saturated heterocycles. The number of hydrogen-bond acceptors (Lipinski definition) is 3. The number of nitrogens with two attached hydrogens (primary N) is 1. The second-order valence-electron chi connectivity index (χ2n) is 3.57. The van der Waals surface area contributed by atoms with Crippen LogP contribution in [0.2, 0.25) is 0 Å². The Balaban J connectivity index is 3.29. The maximum absolute atomic E-state index is 12.7. The van der Waals surface area contributed by atoms with Crippen LogP contribution in [-0.2, 0) is 11.0 Å². The molecule has 17 heavy (non-hydrogen) atoms. The number of carbonyl (C=O) groups excluding carboxylic acids is 2.